The number of halogens is 5. The van der Waals surface area contributed by atoms with Crippen molar-refractivity contribution in [3.63, 3.8) is 0 Å². The van der Waals surface area contributed by atoms with Gasteiger partial charge < -0.3 is 15.4 Å². The first kappa shape index (κ1) is 29.9. The van der Waals surface area contributed by atoms with Gasteiger partial charge in [0.25, 0.3) is 0 Å². The Labute approximate surface area is 227 Å². The standard InChI is InChI=1S/C23H30F5N7O4S/c1-14(9-23(26,27)28)32-22(36)39-18-3-2-15(8-18)16-10-29-21(30-11-16)33-17-4-6-34(7-5-17)40(37,38)19-12-31-35(13-19)20(24)25/h10-15,17-18,20H,2-9H2,1H3,(H,32,36)(H,29,30,33)/t14-,15+,18-/m0/s1. The Morgan fingerprint density at radius 3 is 2.40 bits per heavy atom. The van der Waals surface area contributed by atoms with Crippen LogP contribution in [0, 0.1) is 0 Å². The molecule has 0 bridgehead atoms. The Kier molecular flexibility index (Phi) is 9.12. The van der Waals surface area contributed by atoms with Gasteiger partial charge in [-0.3, -0.25) is 0 Å². The Morgan fingerprint density at radius 2 is 1.80 bits per heavy atom. The molecule has 1 saturated carbocycles. The van der Waals surface area contributed by atoms with Gasteiger partial charge in [0.1, 0.15) is 11.0 Å². The van der Waals surface area contributed by atoms with Crippen molar-refractivity contribution in [2.75, 3.05) is 18.4 Å². The zero-order valence-corrected chi connectivity index (χ0v) is 22.3. The van der Waals surface area contributed by atoms with Gasteiger partial charge in [0.15, 0.2) is 0 Å². The van der Waals surface area contributed by atoms with Crippen molar-refractivity contribution >= 4 is 22.1 Å². The average molecular weight is 596 g/mol. The molecule has 2 aliphatic rings. The van der Waals surface area contributed by atoms with Crippen LogP contribution in [0.5, 0.6) is 0 Å². The fourth-order valence-corrected chi connectivity index (χ4v) is 6.30. The van der Waals surface area contributed by atoms with Gasteiger partial charge in [-0.25, -0.2) is 27.9 Å². The summed E-state index contributed by atoms with van der Waals surface area (Å²) in [5.74, 6) is 0.398. The van der Waals surface area contributed by atoms with Crippen LogP contribution in [0.4, 0.5) is 32.7 Å². The van der Waals surface area contributed by atoms with E-state index in [0.717, 1.165) is 18.0 Å². The molecule has 11 nitrogen and oxygen atoms in total. The number of anilines is 1. The lowest BCUT2D eigenvalue weighted by Crippen LogP contribution is -2.42. The summed E-state index contributed by atoms with van der Waals surface area (Å²) in [4.78, 5) is 20.4. The minimum Gasteiger partial charge on any atom is -0.446 e. The monoisotopic (exact) mass is 595 g/mol. The highest BCUT2D eigenvalue weighted by molar-refractivity contribution is 7.89. The highest BCUT2D eigenvalue weighted by Crippen LogP contribution is 2.36. The maximum Gasteiger partial charge on any atom is 0.407 e. The number of carbonyl (C=O) groups excluding carboxylic acids is 1. The van der Waals surface area contributed by atoms with Gasteiger partial charge in [-0.2, -0.15) is 31.4 Å². The number of hydrogen-bond acceptors (Lipinski definition) is 8. The van der Waals surface area contributed by atoms with Gasteiger partial charge in [0, 0.05) is 37.6 Å². The molecule has 0 spiro atoms. The van der Waals surface area contributed by atoms with Gasteiger partial charge >= 0.3 is 18.8 Å². The van der Waals surface area contributed by atoms with E-state index in [2.05, 4.69) is 25.7 Å². The summed E-state index contributed by atoms with van der Waals surface area (Å²) in [7, 11) is -3.93. The molecule has 1 aliphatic carbocycles. The van der Waals surface area contributed by atoms with Crippen molar-refractivity contribution in [3.8, 4) is 0 Å². The molecule has 2 aromatic heterocycles. The summed E-state index contributed by atoms with van der Waals surface area (Å²) in [6, 6.07) is -1.18. The molecule has 0 unspecified atom stereocenters. The van der Waals surface area contributed by atoms with E-state index in [1.54, 1.807) is 12.4 Å². The third kappa shape index (κ3) is 7.77. The second-order valence-corrected chi connectivity index (χ2v) is 11.9. The smallest absolute Gasteiger partial charge is 0.407 e. The number of amides is 1. The summed E-state index contributed by atoms with van der Waals surface area (Å²) < 4.78 is 95.1. The van der Waals surface area contributed by atoms with E-state index < -0.39 is 47.4 Å². The van der Waals surface area contributed by atoms with E-state index in [0.29, 0.717) is 42.7 Å². The third-order valence-corrected chi connectivity index (χ3v) is 8.76. The molecule has 1 saturated heterocycles. The lowest BCUT2D eigenvalue weighted by atomic mass is 10.0. The van der Waals surface area contributed by atoms with Crippen LogP contribution >= 0.6 is 0 Å². The number of carbonyl (C=O) groups is 1. The highest BCUT2D eigenvalue weighted by Gasteiger charge is 2.33. The lowest BCUT2D eigenvalue weighted by Gasteiger charge is -2.31. The summed E-state index contributed by atoms with van der Waals surface area (Å²) in [6.07, 6.45) is 0.912. The maximum absolute atomic E-state index is 12.7. The molecule has 3 atom stereocenters. The molecular weight excluding hydrogens is 565 g/mol. The van der Waals surface area contributed by atoms with Crippen molar-refractivity contribution in [1.82, 2.24) is 29.4 Å². The normalized spacial score (nSPS) is 21.9. The quantitative estimate of drug-likeness (QED) is 0.416. The second kappa shape index (κ2) is 12.2. The van der Waals surface area contributed by atoms with Gasteiger partial charge in [-0.05, 0) is 50.5 Å². The van der Waals surface area contributed by atoms with Crippen LogP contribution in [0.25, 0.3) is 0 Å². The van der Waals surface area contributed by atoms with Crippen molar-refractivity contribution in [3.05, 3.63) is 30.4 Å². The van der Waals surface area contributed by atoms with Crippen LogP contribution in [-0.2, 0) is 14.8 Å². The number of sulfonamides is 1. The third-order valence-electron chi connectivity index (χ3n) is 6.91. The van der Waals surface area contributed by atoms with Crippen LogP contribution in [0.1, 0.15) is 63.5 Å². The van der Waals surface area contributed by atoms with E-state index >= 15 is 0 Å². The average Bonchev–Trinajstić information content (AvgIpc) is 3.54. The first-order valence-electron chi connectivity index (χ1n) is 12.7. The number of rotatable bonds is 9. The largest absolute Gasteiger partial charge is 0.446 e. The van der Waals surface area contributed by atoms with Crippen molar-refractivity contribution in [1.29, 1.82) is 0 Å². The van der Waals surface area contributed by atoms with Crippen LogP contribution in [0.3, 0.4) is 0 Å². The zero-order chi connectivity index (χ0) is 29.1. The number of piperidine rings is 1. The number of aromatic nitrogens is 4. The fourth-order valence-electron chi connectivity index (χ4n) is 4.89. The van der Waals surface area contributed by atoms with Crippen molar-refractivity contribution in [2.24, 2.45) is 0 Å². The lowest BCUT2D eigenvalue weighted by molar-refractivity contribution is -0.138. The Morgan fingerprint density at radius 1 is 1.12 bits per heavy atom. The Balaban J connectivity index is 1.22. The van der Waals surface area contributed by atoms with E-state index in [4.69, 9.17) is 4.74 Å². The molecule has 1 aliphatic heterocycles. The van der Waals surface area contributed by atoms with Crippen molar-refractivity contribution in [2.45, 2.75) is 87.2 Å². The van der Waals surface area contributed by atoms with E-state index in [9.17, 15) is 35.2 Å². The highest BCUT2D eigenvalue weighted by atomic mass is 32.2. The topological polar surface area (TPSA) is 131 Å². The van der Waals surface area contributed by atoms with E-state index in [-0.39, 0.29) is 29.9 Å². The van der Waals surface area contributed by atoms with Gasteiger partial charge in [-0.15, -0.1) is 0 Å². The Bertz CT molecular complexity index is 1250. The first-order chi connectivity index (χ1) is 18.8. The molecule has 222 valence electrons. The van der Waals surface area contributed by atoms with Crippen molar-refractivity contribution < 1.29 is 39.9 Å². The van der Waals surface area contributed by atoms with Crippen LogP contribution < -0.4 is 10.6 Å². The number of alkyl halides is 5. The number of alkyl carbamates (subject to hydrolysis) is 1. The van der Waals surface area contributed by atoms with Gasteiger partial charge in [0.05, 0.1) is 18.8 Å². The molecule has 4 rings (SSSR count). The summed E-state index contributed by atoms with van der Waals surface area (Å²) >= 11 is 0. The maximum atomic E-state index is 12.7. The fraction of sp³-hybridized carbons (Fsp3) is 0.652. The number of nitrogens with one attached hydrogen (secondary N) is 2. The minimum atomic E-state index is -4.38. The molecule has 0 aromatic carbocycles. The molecule has 2 aromatic rings. The second-order valence-electron chi connectivity index (χ2n) is 10.00. The van der Waals surface area contributed by atoms with E-state index in [1.807, 2.05) is 0 Å². The Hall–Kier alpha value is -3.08. The molecule has 2 N–H and O–H groups in total. The number of ether oxygens (including phenoxy) is 1. The number of nitrogens with zero attached hydrogens (tertiary/aromatic N) is 5. The number of hydrogen-bond donors (Lipinski definition) is 2. The van der Waals surface area contributed by atoms with Gasteiger partial charge in [0.2, 0.25) is 16.0 Å². The predicted octanol–water partition coefficient (Wildman–Crippen LogP) is 4.04. The van der Waals surface area contributed by atoms with Crippen LogP contribution in [0.2, 0.25) is 0 Å². The first-order valence-corrected chi connectivity index (χ1v) is 14.2. The minimum absolute atomic E-state index is 0.0299. The molecule has 2 fully saturated rings. The van der Waals surface area contributed by atoms with Crippen LogP contribution in [-0.4, -0.2) is 76.0 Å². The summed E-state index contributed by atoms with van der Waals surface area (Å²) in [5.41, 5.74) is 0.841. The van der Waals surface area contributed by atoms with E-state index in [1.165, 1.54) is 11.2 Å². The summed E-state index contributed by atoms with van der Waals surface area (Å²) in [6.45, 7) is -1.29. The summed E-state index contributed by atoms with van der Waals surface area (Å²) in [5, 5.41) is 8.78. The SMILES string of the molecule is C[C@@H](CC(F)(F)F)NC(=O)O[C@H]1CC[C@@H](c2cnc(NC3CCN(S(=O)(=O)c4cnn(C(F)F)c4)CC3)nc2)C1. The molecule has 1 amide bonds. The predicted molar refractivity (Wildman–Crippen MR) is 131 cm³/mol. The molecule has 40 heavy (non-hydrogen) atoms. The molecule has 17 heteroatoms. The molecule has 0 radical (unpaired) electrons. The molecule has 3 heterocycles. The zero-order valence-electron chi connectivity index (χ0n) is 21.5. The molecular formula is C23H30F5N7O4S. The van der Waals surface area contributed by atoms with Gasteiger partial charge in [-0.1, -0.05) is 0 Å². The van der Waals surface area contributed by atoms with Crippen LogP contribution in [0.15, 0.2) is 29.7 Å².